The third-order valence-corrected chi connectivity index (χ3v) is 3.14. The third-order valence-electron chi connectivity index (χ3n) is 3.14. The van der Waals surface area contributed by atoms with Crippen LogP contribution < -0.4 is 5.32 Å². The molecule has 6 heteroatoms. The van der Waals surface area contributed by atoms with Gasteiger partial charge in [-0.2, -0.15) is 5.26 Å². The van der Waals surface area contributed by atoms with Gasteiger partial charge < -0.3 is 5.32 Å². The smallest absolute Gasteiger partial charge is 0.272 e. The number of nitriles is 1. The van der Waals surface area contributed by atoms with Crippen LogP contribution in [0.3, 0.4) is 0 Å². The zero-order valence-corrected chi connectivity index (χ0v) is 12.3. The number of carbonyl (C=O) groups is 1. The molecule has 2 aromatic rings. The standard InChI is InChI=1S/C17H13N3O3/c1-12-7-8-13(10-16(12)20(22)23)9-14(11-18)17(21)19-15-5-3-2-4-6-15/h2-10H,1H3,(H,19,21)/b14-9+. The topological polar surface area (TPSA) is 96.0 Å². The van der Waals surface area contributed by atoms with E-state index in [0.717, 1.165) is 0 Å². The lowest BCUT2D eigenvalue weighted by molar-refractivity contribution is -0.385. The van der Waals surface area contributed by atoms with Crippen molar-refractivity contribution in [1.29, 1.82) is 5.26 Å². The maximum absolute atomic E-state index is 12.1. The van der Waals surface area contributed by atoms with Gasteiger partial charge in [-0.1, -0.05) is 30.3 Å². The van der Waals surface area contributed by atoms with E-state index in [4.69, 9.17) is 5.26 Å². The Hall–Kier alpha value is -3.46. The number of hydrogen-bond acceptors (Lipinski definition) is 4. The monoisotopic (exact) mass is 307 g/mol. The summed E-state index contributed by atoms with van der Waals surface area (Å²) in [5.74, 6) is -0.568. The number of amides is 1. The maximum Gasteiger partial charge on any atom is 0.272 e. The SMILES string of the molecule is Cc1ccc(/C=C(\C#N)C(=O)Nc2ccccc2)cc1[N+](=O)[O-]. The van der Waals surface area contributed by atoms with Gasteiger partial charge in [0.25, 0.3) is 11.6 Å². The van der Waals surface area contributed by atoms with Gasteiger partial charge in [0.15, 0.2) is 0 Å². The number of carbonyl (C=O) groups excluding carboxylic acids is 1. The number of nitro benzene ring substituents is 1. The highest BCUT2D eigenvalue weighted by molar-refractivity contribution is 6.09. The van der Waals surface area contributed by atoms with Crippen molar-refractivity contribution >= 4 is 23.4 Å². The Kier molecular flexibility index (Phi) is 4.85. The molecule has 0 fully saturated rings. The van der Waals surface area contributed by atoms with E-state index in [1.807, 2.05) is 12.1 Å². The first-order valence-electron chi connectivity index (χ1n) is 6.74. The highest BCUT2D eigenvalue weighted by atomic mass is 16.6. The van der Waals surface area contributed by atoms with Crippen molar-refractivity contribution in [2.24, 2.45) is 0 Å². The summed E-state index contributed by atoms with van der Waals surface area (Å²) in [4.78, 5) is 22.5. The van der Waals surface area contributed by atoms with Crippen LogP contribution in [0, 0.1) is 28.4 Å². The van der Waals surface area contributed by atoms with Crippen LogP contribution in [0.25, 0.3) is 6.08 Å². The van der Waals surface area contributed by atoms with Crippen molar-refractivity contribution in [3.05, 3.63) is 75.3 Å². The fraction of sp³-hybridized carbons (Fsp3) is 0.0588. The average Bonchev–Trinajstić information content (AvgIpc) is 2.54. The van der Waals surface area contributed by atoms with Crippen LogP contribution in [-0.2, 0) is 4.79 Å². The normalized spacial score (nSPS) is 10.7. The molecular weight excluding hydrogens is 294 g/mol. The molecule has 0 saturated carbocycles. The molecule has 114 valence electrons. The van der Waals surface area contributed by atoms with Crippen molar-refractivity contribution in [2.45, 2.75) is 6.92 Å². The first kappa shape index (κ1) is 15.9. The molecule has 0 saturated heterocycles. The molecule has 0 aliphatic rings. The van der Waals surface area contributed by atoms with Gasteiger partial charge in [0.1, 0.15) is 11.6 Å². The predicted molar refractivity (Wildman–Crippen MR) is 86.5 cm³/mol. The van der Waals surface area contributed by atoms with E-state index in [2.05, 4.69) is 5.32 Å². The van der Waals surface area contributed by atoms with Gasteiger partial charge in [-0.05, 0) is 30.7 Å². The molecule has 0 aliphatic heterocycles. The summed E-state index contributed by atoms with van der Waals surface area (Å²) in [7, 11) is 0. The highest BCUT2D eigenvalue weighted by Crippen LogP contribution is 2.21. The van der Waals surface area contributed by atoms with E-state index in [-0.39, 0.29) is 11.3 Å². The quantitative estimate of drug-likeness (QED) is 0.405. The molecule has 1 amide bonds. The van der Waals surface area contributed by atoms with Crippen LogP contribution in [-0.4, -0.2) is 10.8 Å². The molecule has 0 atom stereocenters. The van der Waals surface area contributed by atoms with Gasteiger partial charge >= 0.3 is 0 Å². The van der Waals surface area contributed by atoms with Crippen LogP contribution in [0.15, 0.2) is 54.1 Å². The molecule has 6 nitrogen and oxygen atoms in total. The van der Waals surface area contributed by atoms with Gasteiger partial charge in [-0.15, -0.1) is 0 Å². The molecule has 0 aliphatic carbocycles. The van der Waals surface area contributed by atoms with Gasteiger partial charge in [0.2, 0.25) is 0 Å². The van der Waals surface area contributed by atoms with Gasteiger partial charge in [0, 0.05) is 17.3 Å². The summed E-state index contributed by atoms with van der Waals surface area (Å²) in [6.07, 6.45) is 1.32. The van der Waals surface area contributed by atoms with Crippen molar-refractivity contribution in [3.63, 3.8) is 0 Å². The van der Waals surface area contributed by atoms with Crippen LogP contribution in [0.5, 0.6) is 0 Å². The summed E-state index contributed by atoms with van der Waals surface area (Å²) in [6.45, 7) is 1.62. The lowest BCUT2D eigenvalue weighted by Crippen LogP contribution is -2.13. The average molecular weight is 307 g/mol. The van der Waals surface area contributed by atoms with Crippen molar-refractivity contribution < 1.29 is 9.72 Å². The zero-order valence-electron chi connectivity index (χ0n) is 12.3. The van der Waals surface area contributed by atoms with Crippen LogP contribution in [0.1, 0.15) is 11.1 Å². The molecular formula is C17H13N3O3. The largest absolute Gasteiger partial charge is 0.321 e. The minimum Gasteiger partial charge on any atom is -0.321 e. The second-order valence-corrected chi connectivity index (χ2v) is 4.79. The second kappa shape index (κ2) is 7.00. The van der Waals surface area contributed by atoms with E-state index >= 15 is 0 Å². The van der Waals surface area contributed by atoms with Crippen molar-refractivity contribution in [3.8, 4) is 6.07 Å². The van der Waals surface area contributed by atoms with Gasteiger partial charge in [-0.25, -0.2) is 0 Å². The Balaban J connectivity index is 2.28. The number of benzene rings is 2. The Bertz CT molecular complexity index is 821. The van der Waals surface area contributed by atoms with Crippen LogP contribution in [0.2, 0.25) is 0 Å². The molecule has 23 heavy (non-hydrogen) atoms. The third kappa shape index (κ3) is 4.02. The van der Waals surface area contributed by atoms with Gasteiger partial charge in [-0.3, -0.25) is 14.9 Å². The van der Waals surface area contributed by atoms with E-state index in [9.17, 15) is 14.9 Å². The highest BCUT2D eigenvalue weighted by Gasteiger charge is 2.13. The number of para-hydroxylation sites is 1. The number of rotatable bonds is 4. The maximum atomic E-state index is 12.1. The molecule has 1 N–H and O–H groups in total. The summed E-state index contributed by atoms with van der Waals surface area (Å²) in [5, 5.41) is 22.7. The minimum absolute atomic E-state index is 0.0560. The van der Waals surface area contributed by atoms with Crippen molar-refractivity contribution in [1.82, 2.24) is 0 Å². The molecule has 0 spiro atoms. The van der Waals surface area contributed by atoms with E-state index in [1.165, 1.54) is 12.1 Å². The molecule has 0 aromatic heterocycles. The molecule has 0 unspecified atom stereocenters. The Labute approximate surface area is 132 Å². The fourth-order valence-corrected chi connectivity index (χ4v) is 1.95. The number of nitrogens with one attached hydrogen (secondary N) is 1. The summed E-state index contributed by atoms with van der Waals surface area (Å²) < 4.78 is 0. The van der Waals surface area contributed by atoms with E-state index < -0.39 is 10.8 Å². The number of nitro groups is 1. The lowest BCUT2D eigenvalue weighted by atomic mass is 10.1. The molecule has 2 rings (SSSR count). The molecule has 0 heterocycles. The Morgan fingerprint density at radius 1 is 1.26 bits per heavy atom. The lowest BCUT2D eigenvalue weighted by Gasteiger charge is -2.04. The van der Waals surface area contributed by atoms with E-state index in [0.29, 0.717) is 16.8 Å². The first-order valence-corrected chi connectivity index (χ1v) is 6.74. The molecule has 0 radical (unpaired) electrons. The first-order chi connectivity index (χ1) is 11.0. The van der Waals surface area contributed by atoms with Gasteiger partial charge in [0.05, 0.1) is 4.92 Å². The Morgan fingerprint density at radius 2 is 1.96 bits per heavy atom. The number of aryl methyl sites for hydroxylation is 1. The van der Waals surface area contributed by atoms with Crippen LogP contribution in [0.4, 0.5) is 11.4 Å². The zero-order chi connectivity index (χ0) is 16.8. The summed E-state index contributed by atoms with van der Waals surface area (Å²) in [5.41, 5.74) is 1.31. The summed E-state index contributed by atoms with van der Waals surface area (Å²) >= 11 is 0. The predicted octanol–water partition coefficient (Wildman–Crippen LogP) is 3.45. The number of hydrogen-bond donors (Lipinski definition) is 1. The number of anilines is 1. The van der Waals surface area contributed by atoms with Crippen LogP contribution >= 0.6 is 0 Å². The molecule has 0 bridgehead atoms. The minimum atomic E-state index is -0.568. The van der Waals surface area contributed by atoms with Crippen molar-refractivity contribution in [2.75, 3.05) is 5.32 Å². The molecule has 2 aromatic carbocycles. The fourth-order valence-electron chi connectivity index (χ4n) is 1.95. The van der Waals surface area contributed by atoms with E-state index in [1.54, 1.807) is 43.3 Å². The summed E-state index contributed by atoms with van der Waals surface area (Å²) in [6, 6.07) is 15.1. The number of nitrogens with zero attached hydrogens (tertiary/aromatic N) is 2. The Morgan fingerprint density at radius 3 is 2.57 bits per heavy atom. The second-order valence-electron chi connectivity index (χ2n) is 4.79.